The minimum absolute atomic E-state index is 0.867. The Hall–Kier alpha value is -0.780. The molecule has 1 saturated carbocycles. The molecule has 0 atom stereocenters. The van der Waals surface area contributed by atoms with E-state index in [0.717, 1.165) is 5.92 Å². The lowest BCUT2D eigenvalue weighted by molar-refractivity contribution is 1.09. The van der Waals surface area contributed by atoms with E-state index in [4.69, 9.17) is 0 Å². The maximum atomic E-state index is 3.29. The van der Waals surface area contributed by atoms with Crippen LogP contribution in [0.15, 0.2) is 12.1 Å². The van der Waals surface area contributed by atoms with Gasteiger partial charge in [-0.15, -0.1) is 0 Å². The Morgan fingerprint density at radius 2 is 2.09 bits per heavy atom. The molecule has 0 saturated heterocycles. The molecule has 1 aliphatic carbocycles. The highest BCUT2D eigenvalue weighted by molar-refractivity contribution is 5.34. The van der Waals surface area contributed by atoms with E-state index < -0.39 is 0 Å². The van der Waals surface area contributed by atoms with Crippen LogP contribution >= 0.6 is 0 Å². The van der Waals surface area contributed by atoms with Gasteiger partial charge in [0.15, 0.2) is 0 Å². The molecule has 0 amide bonds. The monoisotopic (exact) mass is 145 g/mol. The van der Waals surface area contributed by atoms with Crippen LogP contribution in [0.3, 0.4) is 0 Å². The van der Waals surface area contributed by atoms with Crippen molar-refractivity contribution >= 4 is 0 Å². The van der Waals surface area contributed by atoms with Gasteiger partial charge in [0.1, 0.15) is 0 Å². The lowest BCUT2D eigenvalue weighted by atomic mass is 10.0. The Kier molecular flexibility index (Phi) is 1.49. The second-order valence-corrected chi connectivity index (χ2v) is 3.53. The van der Waals surface area contributed by atoms with Crippen molar-refractivity contribution in [1.82, 2.24) is 0 Å². The van der Waals surface area contributed by atoms with Gasteiger partial charge in [0.25, 0.3) is 0 Å². The first kappa shape index (κ1) is 6.90. The third kappa shape index (κ3) is 1.30. The van der Waals surface area contributed by atoms with Gasteiger partial charge < -0.3 is 0 Å². The predicted molar refractivity (Wildman–Crippen MR) is 46.7 cm³/mol. The molecule has 1 aliphatic rings. The maximum absolute atomic E-state index is 3.29. The van der Waals surface area contributed by atoms with Crippen molar-refractivity contribution in [1.29, 1.82) is 0 Å². The lowest BCUT2D eigenvalue weighted by Gasteiger charge is -2.03. The summed E-state index contributed by atoms with van der Waals surface area (Å²) in [7, 11) is 0. The third-order valence-corrected chi connectivity index (χ3v) is 2.35. The molecule has 2 rings (SSSR count). The number of hydrogen-bond donors (Lipinski definition) is 0. The summed E-state index contributed by atoms with van der Waals surface area (Å²) in [5.74, 6) is 0.867. The molecule has 1 aromatic carbocycles. The summed E-state index contributed by atoms with van der Waals surface area (Å²) in [4.78, 5) is 0. The first-order valence-corrected chi connectivity index (χ1v) is 4.26. The van der Waals surface area contributed by atoms with Crippen LogP contribution in [0.1, 0.15) is 35.4 Å². The number of aryl methyl sites for hydroxylation is 2. The van der Waals surface area contributed by atoms with Crippen LogP contribution in [-0.2, 0) is 0 Å². The fourth-order valence-electron chi connectivity index (χ4n) is 1.52. The molecule has 0 heteroatoms. The molecule has 11 heavy (non-hydrogen) atoms. The van der Waals surface area contributed by atoms with Gasteiger partial charge in [0.05, 0.1) is 0 Å². The number of benzene rings is 1. The summed E-state index contributed by atoms with van der Waals surface area (Å²) in [6.45, 7) is 4.30. The van der Waals surface area contributed by atoms with E-state index in [9.17, 15) is 0 Å². The van der Waals surface area contributed by atoms with Crippen LogP contribution < -0.4 is 0 Å². The van der Waals surface area contributed by atoms with Crippen LogP contribution in [-0.4, -0.2) is 0 Å². The van der Waals surface area contributed by atoms with E-state index >= 15 is 0 Å². The van der Waals surface area contributed by atoms with Crippen molar-refractivity contribution in [2.75, 3.05) is 0 Å². The molecule has 1 radical (unpaired) electrons. The quantitative estimate of drug-likeness (QED) is 0.570. The van der Waals surface area contributed by atoms with E-state index in [1.807, 2.05) is 0 Å². The minimum Gasteiger partial charge on any atom is -0.0555 e. The van der Waals surface area contributed by atoms with E-state index in [2.05, 4.69) is 32.0 Å². The van der Waals surface area contributed by atoms with Crippen LogP contribution in [0, 0.1) is 19.9 Å². The van der Waals surface area contributed by atoms with Crippen LogP contribution in [0.2, 0.25) is 0 Å². The van der Waals surface area contributed by atoms with Gasteiger partial charge in [0.2, 0.25) is 0 Å². The van der Waals surface area contributed by atoms with Gasteiger partial charge in [-0.1, -0.05) is 17.7 Å². The summed E-state index contributed by atoms with van der Waals surface area (Å²) < 4.78 is 0. The number of rotatable bonds is 1. The molecule has 0 nitrogen and oxygen atoms in total. The Bertz CT molecular complexity index is 269. The second-order valence-electron chi connectivity index (χ2n) is 3.53. The van der Waals surface area contributed by atoms with Crippen molar-refractivity contribution in [2.45, 2.75) is 32.6 Å². The zero-order chi connectivity index (χ0) is 7.84. The van der Waals surface area contributed by atoms with Crippen LogP contribution in [0.5, 0.6) is 0 Å². The molecule has 1 fully saturated rings. The smallest absolute Gasteiger partial charge is 0.0146 e. The molecule has 0 spiro atoms. The van der Waals surface area contributed by atoms with E-state index in [1.165, 1.54) is 29.5 Å². The zero-order valence-electron chi connectivity index (χ0n) is 7.15. The SMILES string of the molecule is Cc1c[c]c(C)c(C2CC2)c1. The van der Waals surface area contributed by atoms with Gasteiger partial charge in [0, 0.05) is 0 Å². The normalized spacial score (nSPS) is 16.9. The van der Waals surface area contributed by atoms with Crippen molar-refractivity contribution in [3.05, 3.63) is 34.9 Å². The first-order valence-electron chi connectivity index (χ1n) is 4.26. The van der Waals surface area contributed by atoms with Gasteiger partial charge in [-0.2, -0.15) is 0 Å². The van der Waals surface area contributed by atoms with Crippen molar-refractivity contribution < 1.29 is 0 Å². The summed E-state index contributed by atoms with van der Waals surface area (Å²) in [6.07, 6.45) is 2.77. The topological polar surface area (TPSA) is 0 Å². The molecule has 0 heterocycles. The molecular weight excluding hydrogens is 132 g/mol. The maximum Gasteiger partial charge on any atom is -0.0146 e. The zero-order valence-corrected chi connectivity index (χ0v) is 7.15. The highest BCUT2D eigenvalue weighted by Crippen LogP contribution is 2.41. The average molecular weight is 145 g/mol. The predicted octanol–water partition coefficient (Wildman–Crippen LogP) is 2.98. The van der Waals surface area contributed by atoms with Gasteiger partial charge >= 0.3 is 0 Å². The first-order chi connectivity index (χ1) is 5.27. The van der Waals surface area contributed by atoms with Crippen LogP contribution in [0.4, 0.5) is 0 Å². The Balaban J connectivity index is 2.42. The number of hydrogen-bond acceptors (Lipinski definition) is 0. The molecule has 0 unspecified atom stereocenters. The Morgan fingerprint density at radius 1 is 1.36 bits per heavy atom. The van der Waals surface area contributed by atoms with Crippen molar-refractivity contribution in [3.8, 4) is 0 Å². The summed E-state index contributed by atoms with van der Waals surface area (Å²) in [5, 5.41) is 0. The highest BCUT2D eigenvalue weighted by atomic mass is 14.3. The molecule has 1 aromatic rings. The second kappa shape index (κ2) is 2.37. The minimum atomic E-state index is 0.867. The van der Waals surface area contributed by atoms with E-state index in [-0.39, 0.29) is 0 Å². The summed E-state index contributed by atoms with van der Waals surface area (Å²) in [6, 6.07) is 7.67. The van der Waals surface area contributed by atoms with E-state index in [1.54, 1.807) is 0 Å². The third-order valence-electron chi connectivity index (χ3n) is 2.35. The summed E-state index contributed by atoms with van der Waals surface area (Å²) in [5.41, 5.74) is 4.22. The molecule has 0 aliphatic heterocycles. The van der Waals surface area contributed by atoms with Crippen molar-refractivity contribution in [3.63, 3.8) is 0 Å². The van der Waals surface area contributed by atoms with Crippen LogP contribution in [0.25, 0.3) is 0 Å². The average Bonchev–Trinajstić information content (AvgIpc) is 2.76. The van der Waals surface area contributed by atoms with Crippen molar-refractivity contribution in [2.24, 2.45) is 0 Å². The lowest BCUT2D eigenvalue weighted by Crippen LogP contribution is -1.86. The molecule has 0 bridgehead atoms. The molecule has 0 aromatic heterocycles. The highest BCUT2D eigenvalue weighted by Gasteiger charge is 2.24. The van der Waals surface area contributed by atoms with Gasteiger partial charge in [-0.05, 0) is 49.8 Å². The fraction of sp³-hybridized carbons (Fsp3) is 0.455. The Labute approximate surface area is 68.3 Å². The van der Waals surface area contributed by atoms with E-state index in [0.29, 0.717) is 0 Å². The molecule has 0 N–H and O–H groups in total. The standard InChI is InChI=1S/C11H13/c1-8-3-4-9(2)11(7-8)10-5-6-10/h3,7,10H,5-6H2,1-2H3. The summed E-state index contributed by atoms with van der Waals surface area (Å²) >= 11 is 0. The Morgan fingerprint density at radius 3 is 2.73 bits per heavy atom. The van der Waals surface area contributed by atoms with Gasteiger partial charge in [-0.25, -0.2) is 0 Å². The fourth-order valence-corrected chi connectivity index (χ4v) is 1.52. The molecular formula is C11H13. The largest absolute Gasteiger partial charge is 0.0555 e. The molecule has 57 valence electrons. The van der Waals surface area contributed by atoms with Gasteiger partial charge in [-0.3, -0.25) is 0 Å².